The molecule has 0 bridgehead atoms. The van der Waals surface area contributed by atoms with Crippen LogP contribution in [0.5, 0.6) is 0 Å². The Morgan fingerprint density at radius 2 is 2.00 bits per heavy atom. The van der Waals surface area contributed by atoms with Crippen molar-refractivity contribution >= 4 is 16.7 Å². The Hall–Kier alpha value is -2.44. The van der Waals surface area contributed by atoms with Crippen LogP contribution in [-0.2, 0) is 19.9 Å². The molecular weight excluding hydrogens is 254 g/mol. The Kier molecular flexibility index (Phi) is 2.89. The molecule has 0 aliphatic heterocycles. The highest BCUT2D eigenvalue weighted by Crippen LogP contribution is 2.24. The number of anilines is 1. The van der Waals surface area contributed by atoms with Gasteiger partial charge in [0.25, 0.3) is 0 Å². The van der Waals surface area contributed by atoms with Crippen LogP contribution in [0, 0.1) is 0 Å². The van der Waals surface area contributed by atoms with Crippen molar-refractivity contribution < 1.29 is 0 Å². The minimum atomic E-state index is 0.728. The molecule has 0 aliphatic rings. The number of hydrogen-bond donors (Lipinski definition) is 1. The summed E-state index contributed by atoms with van der Waals surface area (Å²) in [7, 11) is 1.86. The van der Waals surface area contributed by atoms with Crippen molar-refractivity contribution in [1.82, 2.24) is 29.5 Å². The molecule has 3 aromatic heterocycles. The van der Waals surface area contributed by atoms with E-state index in [2.05, 4.69) is 27.1 Å². The van der Waals surface area contributed by atoms with E-state index >= 15 is 0 Å². The maximum Gasteiger partial charge on any atom is 0.168 e. The van der Waals surface area contributed by atoms with Gasteiger partial charge >= 0.3 is 0 Å². The quantitative estimate of drug-likeness (QED) is 0.774. The fraction of sp³-hybridized carbons (Fsp3) is 0.385. The summed E-state index contributed by atoms with van der Waals surface area (Å²) in [6.07, 6.45) is 4.88. The molecule has 20 heavy (non-hydrogen) atoms. The fourth-order valence-corrected chi connectivity index (χ4v) is 2.41. The van der Waals surface area contributed by atoms with E-state index in [1.807, 2.05) is 18.7 Å². The molecule has 3 rings (SSSR count). The van der Waals surface area contributed by atoms with Gasteiger partial charge in [0.15, 0.2) is 11.5 Å². The molecular formula is C13H17N7. The third-order valence-corrected chi connectivity index (χ3v) is 3.48. The summed E-state index contributed by atoms with van der Waals surface area (Å²) in [6.45, 7) is 4.10. The van der Waals surface area contributed by atoms with Gasteiger partial charge in [0.05, 0.1) is 28.7 Å². The predicted octanol–water partition coefficient (Wildman–Crippen LogP) is 1.26. The first kappa shape index (κ1) is 12.6. The number of nitrogens with two attached hydrogens (primary N) is 1. The smallest absolute Gasteiger partial charge is 0.168 e. The first-order valence-corrected chi connectivity index (χ1v) is 6.66. The Bertz CT molecular complexity index is 768. The summed E-state index contributed by atoms with van der Waals surface area (Å²) in [6, 6.07) is 0. The van der Waals surface area contributed by atoms with Crippen molar-refractivity contribution in [3.8, 4) is 5.82 Å². The minimum Gasteiger partial charge on any atom is -0.396 e. The van der Waals surface area contributed by atoms with Crippen LogP contribution in [0.15, 0.2) is 12.5 Å². The lowest BCUT2D eigenvalue weighted by Gasteiger charge is -2.06. The zero-order valence-electron chi connectivity index (χ0n) is 11.8. The van der Waals surface area contributed by atoms with Crippen molar-refractivity contribution in [2.45, 2.75) is 26.7 Å². The zero-order valence-corrected chi connectivity index (χ0v) is 11.8. The fourth-order valence-electron chi connectivity index (χ4n) is 2.41. The number of fused-ring (bicyclic) bond motifs is 1. The molecule has 0 atom stereocenters. The second kappa shape index (κ2) is 4.59. The maximum atomic E-state index is 6.16. The molecule has 0 saturated heterocycles. The Morgan fingerprint density at radius 1 is 1.20 bits per heavy atom. The molecule has 0 spiro atoms. The molecule has 7 heteroatoms. The third kappa shape index (κ3) is 1.66. The van der Waals surface area contributed by atoms with Gasteiger partial charge in [-0.15, -0.1) is 0 Å². The van der Waals surface area contributed by atoms with Crippen LogP contribution in [0.2, 0.25) is 0 Å². The second-order valence-electron chi connectivity index (χ2n) is 4.63. The van der Waals surface area contributed by atoms with Crippen LogP contribution in [-0.4, -0.2) is 29.5 Å². The Labute approximate surface area is 116 Å². The molecule has 104 valence electrons. The molecule has 0 aromatic carbocycles. The SMILES string of the molecule is CCc1nn(-c2ncnc3c2cnn3C)c(CC)c1N. The van der Waals surface area contributed by atoms with Gasteiger partial charge in [0, 0.05) is 7.05 Å². The molecule has 7 nitrogen and oxygen atoms in total. The van der Waals surface area contributed by atoms with Crippen LogP contribution in [0.1, 0.15) is 25.2 Å². The maximum absolute atomic E-state index is 6.16. The topological polar surface area (TPSA) is 87.4 Å². The summed E-state index contributed by atoms with van der Waals surface area (Å²) in [4.78, 5) is 8.62. The van der Waals surface area contributed by atoms with E-state index < -0.39 is 0 Å². The van der Waals surface area contributed by atoms with Gasteiger partial charge in [-0.3, -0.25) is 4.68 Å². The molecule has 0 unspecified atom stereocenters. The molecule has 3 aromatic rings. The number of aromatic nitrogens is 6. The standard InChI is InChI=1S/C13H17N7/c1-4-9-11(14)10(5-2)20(18-9)13-8-6-17-19(3)12(8)15-7-16-13/h6-7H,4-5,14H2,1-3H3. The lowest BCUT2D eigenvalue weighted by Crippen LogP contribution is -2.06. The van der Waals surface area contributed by atoms with Crippen LogP contribution in [0.25, 0.3) is 16.9 Å². The van der Waals surface area contributed by atoms with E-state index in [0.29, 0.717) is 0 Å². The molecule has 2 N–H and O–H groups in total. The van der Waals surface area contributed by atoms with E-state index in [4.69, 9.17) is 5.73 Å². The monoisotopic (exact) mass is 271 g/mol. The summed E-state index contributed by atoms with van der Waals surface area (Å²) in [5.41, 5.74) is 9.58. The second-order valence-corrected chi connectivity index (χ2v) is 4.63. The average molecular weight is 271 g/mol. The van der Waals surface area contributed by atoms with Gasteiger partial charge in [-0.1, -0.05) is 13.8 Å². The Balaban J connectivity index is 2.31. The van der Waals surface area contributed by atoms with E-state index in [1.165, 1.54) is 6.33 Å². The van der Waals surface area contributed by atoms with Gasteiger partial charge in [0.1, 0.15) is 6.33 Å². The highest BCUT2D eigenvalue weighted by atomic mass is 15.3. The minimum absolute atomic E-state index is 0.728. The molecule has 0 radical (unpaired) electrons. The summed E-state index contributed by atoms with van der Waals surface area (Å²) < 4.78 is 3.54. The van der Waals surface area contributed by atoms with E-state index in [9.17, 15) is 0 Å². The summed E-state index contributed by atoms with van der Waals surface area (Å²) in [5.74, 6) is 0.728. The van der Waals surface area contributed by atoms with Gasteiger partial charge in [-0.25, -0.2) is 14.6 Å². The lowest BCUT2D eigenvalue weighted by molar-refractivity contribution is 0.770. The van der Waals surface area contributed by atoms with Gasteiger partial charge in [0.2, 0.25) is 0 Å². The van der Waals surface area contributed by atoms with Crippen molar-refractivity contribution in [1.29, 1.82) is 0 Å². The van der Waals surface area contributed by atoms with Crippen LogP contribution >= 0.6 is 0 Å². The first-order valence-electron chi connectivity index (χ1n) is 6.66. The van der Waals surface area contributed by atoms with Crippen LogP contribution < -0.4 is 5.73 Å². The molecule has 0 aliphatic carbocycles. The van der Waals surface area contributed by atoms with E-state index in [0.717, 1.165) is 46.8 Å². The molecule has 3 heterocycles. The van der Waals surface area contributed by atoms with E-state index in [-0.39, 0.29) is 0 Å². The molecule has 0 amide bonds. The summed E-state index contributed by atoms with van der Waals surface area (Å²) in [5, 5.41) is 9.69. The number of nitrogen functional groups attached to an aromatic ring is 1. The Morgan fingerprint density at radius 3 is 2.70 bits per heavy atom. The van der Waals surface area contributed by atoms with Crippen LogP contribution in [0.4, 0.5) is 5.69 Å². The number of aryl methyl sites for hydroxylation is 2. The number of rotatable bonds is 3. The van der Waals surface area contributed by atoms with Crippen molar-refractivity contribution in [3.63, 3.8) is 0 Å². The predicted molar refractivity (Wildman–Crippen MR) is 76.6 cm³/mol. The average Bonchev–Trinajstić information content (AvgIpc) is 2.99. The zero-order chi connectivity index (χ0) is 14.3. The number of hydrogen-bond acceptors (Lipinski definition) is 5. The first-order chi connectivity index (χ1) is 9.67. The third-order valence-electron chi connectivity index (χ3n) is 3.48. The highest BCUT2D eigenvalue weighted by molar-refractivity contribution is 5.82. The largest absolute Gasteiger partial charge is 0.396 e. The van der Waals surface area contributed by atoms with Crippen molar-refractivity contribution in [3.05, 3.63) is 23.9 Å². The van der Waals surface area contributed by atoms with Gasteiger partial charge in [-0.2, -0.15) is 10.2 Å². The lowest BCUT2D eigenvalue weighted by atomic mass is 10.2. The van der Waals surface area contributed by atoms with Crippen molar-refractivity contribution in [2.24, 2.45) is 7.05 Å². The molecule has 0 saturated carbocycles. The normalized spacial score (nSPS) is 11.3. The summed E-state index contributed by atoms with van der Waals surface area (Å²) >= 11 is 0. The molecule has 0 fully saturated rings. The number of nitrogens with zero attached hydrogens (tertiary/aromatic N) is 6. The van der Waals surface area contributed by atoms with Gasteiger partial charge < -0.3 is 5.73 Å². The van der Waals surface area contributed by atoms with Crippen LogP contribution in [0.3, 0.4) is 0 Å². The van der Waals surface area contributed by atoms with Crippen molar-refractivity contribution in [2.75, 3.05) is 5.73 Å². The van der Waals surface area contributed by atoms with Gasteiger partial charge in [-0.05, 0) is 12.8 Å². The highest BCUT2D eigenvalue weighted by Gasteiger charge is 2.18. The van der Waals surface area contributed by atoms with E-state index in [1.54, 1.807) is 10.9 Å².